The summed E-state index contributed by atoms with van der Waals surface area (Å²) in [5, 5.41) is 5.46. The molecule has 4 rings (SSSR count). The first-order valence-corrected chi connectivity index (χ1v) is 8.27. The molecule has 4 nitrogen and oxygen atoms in total. The molecule has 0 spiro atoms. The standard InChI is InChI=1S/C19H20N2O2/c1-12(22)21-11-3-6-17(21)19(23)20-16-10-9-14-8-7-13-4-2-5-15(16)18(13)14/h2,4-5,9-10,17H,3,6-8,11H2,1H3,(H,20,23). The van der Waals surface area contributed by atoms with Crippen molar-refractivity contribution in [1.29, 1.82) is 0 Å². The van der Waals surface area contributed by atoms with Gasteiger partial charge in [0.1, 0.15) is 6.04 Å². The number of anilines is 1. The third-order valence-electron chi connectivity index (χ3n) is 5.09. The monoisotopic (exact) mass is 308 g/mol. The number of amides is 2. The number of carbonyl (C=O) groups is 2. The Kier molecular flexibility index (Phi) is 3.33. The molecule has 1 aliphatic heterocycles. The molecular weight excluding hydrogens is 288 g/mol. The highest BCUT2D eigenvalue weighted by atomic mass is 16.2. The molecule has 4 heteroatoms. The first-order chi connectivity index (χ1) is 11.1. The number of carbonyl (C=O) groups excluding carboxylic acids is 2. The van der Waals surface area contributed by atoms with E-state index in [-0.39, 0.29) is 17.9 Å². The van der Waals surface area contributed by atoms with Crippen molar-refractivity contribution in [3.8, 4) is 0 Å². The van der Waals surface area contributed by atoms with Gasteiger partial charge in [-0.3, -0.25) is 9.59 Å². The van der Waals surface area contributed by atoms with Gasteiger partial charge in [-0.2, -0.15) is 0 Å². The number of hydrogen-bond acceptors (Lipinski definition) is 2. The Morgan fingerprint density at radius 1 is 1.13 bits per heavy atom. The van der Waals surface area contributed by atoms with Gasteiger partial charge in [-0.15, -0.1) is 0 Å². The molecule has 1 aliphatic carbocycles. The molecule has 1 saturated heterocycles. The van der Waals surface area contributed by atoms with Crippen molar-refractivity contribution in [3.63, 3.8) is 0 Å². The molecule has 0 aromatic heterocycles. The van der Waals surface area contributed by atoms with Gasteiger partial charge in [0, 0.05) is 24.5 Å². The lowest BCUT2D eigenvalue weighted by Gasteiger charge is -2.22. The molecular formula is C19H20N2O2. The van der Waals surface area contributed by atoms with Gasteiger partial charge in [-0.25, -0.2) is 0 Å². The molecule has 1 fully saturated rings. The largest absolute Gasteiger partial charge is 0.331 e. The summed E-state index contributed by atoms with van der Waals surface area (Å²) in [4.78, 5) is 26.0. The van der Waals surface area contributed by atoms with Crippen LogP contribution in [0.2, 0.25) is 0 Å². The fourth-order valence-electron chi connectivity index (χ4n) is 3.99. The minimum absolute atomic E-state index is 0.0249. The molecule has 2 aromatic carbocycles. The molecule has 1 heterocycles. The zero-order chi connectivity index (χ0) is 16.0. The average molecular weight is 308 g/mol. The maximum absolute atomic E-state index is 12.7. The second kappa shape index (κ2) is 5.37. The fraction of sp³-hybridized carbons (Fsp3) is 0.368. The molecule has 1 atom stereocenters. The lowest BCUT2D eigenvalue weighted by molar-refractivity contribution is -0.134. The summed E-state index contributed by atoms with van der Waals surface area (Å²) in [6.45, 7) is 2.21. The van der Waals surface area contributed by atoms with Crippen molar-refractivity contribution >= 4 is 28.3 Å². The van der Waals surface area contributed by atoms with Crippen molar-refractivity contribution in [3.05, 3.63) is 41.5 Å². The minimum Gasteiger partial charge on any atom is -0.331 e. The first-order valence-electron chi connectivity index (χ1n) is 8.27. The highest BCUT2D eigenvalue weighted by molar-refractivity contribution is 6.06. The predicted octanol–water partition coefficient (Wildman–Crippen LogP) is 2.89. The van der Waals surface area contributed by atoms with Crippen molar-refractivity contribution in [1.82, 2.24) is 4.90 Å². The Labute approximate surface area is 135 Å². The van der Waals surface area contributed by atoms with E-state index < -0.39 is 0 Å². The maximum atomic E-state index is 12.7. The zero-order valence-electron chi connectivity index (χ0n) is 13.3. The van der Waals surface area contributed by atoms with Crippen LogP contribution in [0.3, 0.4) is 0 Å². The molecule has 0 saturated carbocycles. The number of aryl methyl sites for hydroxylation is 2. The lowest BCUT2D eigenvalue weighted by Crippen LogP contribution is -2.42. The zero-order valence-corrected chi connectivity index (χ0v) is 13.3. The second-order valence-electron chi connectivity index (χ2n) is 6.47. The molecule has 1 unspecified atom stereocenters. The molecule has 2 aliphatic rings. The molecule has 1 N–H and O–H groups in total. The van der Waals surface area contributed by atoms with Crippen molar-refractivity contribution < 1.29 is 9.59 Å². The van der Waals surface area contributed by atoms with Crippen LogP contribution < -0.4 is 5.32 Å². The summed E-state index contributed by atoms with van der Waals surface area (Å²) >= 11 is 0. The van der Waals surface area contributed by atoms with Gasteiger partial charge in [0.2, 0.25) is 11.8 Å². The highest BCUT2D eigenvalue weighted by Gasteiger charge is 2.32. The van der Waals surface area contributed by atoms with E-state index in [1.807, 2.05) is 6.07 Å². The van der Waals surface area contributed by atoms with Crippen LogP contribution in [0.1, 0.15) is 30.9 Å². The van der Waals surface area contributed by atoms with E-state index in [1.165, 1.54) is 23.4 Å². The van der Waals surface area contributed by atoms with E-state index in [9.17, 15) is 9.59 Å². The van der Waals surface area contributed by atoms with Crippen LogP contribution >= 0.6 is 0 Å². The average Bonchev–Trinajstić information content (AvgIpc) is 3.18. The Balaban J connectivity index is 1.66. The maximum Gasteiger partial charge on any atom is 0.247 e. The Hall–Kier alpha value is -2.36. The van der Waals surface area contributed by atoms with Gasteiger partial charge in [-0.05, 0) is 48.3 Å². The van der Waals surface area contributed by atoms with Gasteiger partial charge in [0.05, 0.1) is 0 Å². The van der Waals surface area contributed by atoms with Crippen LogP contribution in [0.25, 0.3) is 10.8 Å². The fourth-order valence-corrected chi connectivity index (χ4v) is 3.99. The molecule has 2 amide bonds. The van der Waals surface area contributed by atoms with Gasteiger partial charge in [-0.1, -0.05) is 24.3 Å². The minimum atomic E-state index is -0.337. The number of nitrogens with one attached hydrogen (secondary N) is 1. The molecule has 23 heavy (non-hydrogen) atoms. The topological polar surface area (TPSA) is 49.4 Å². The van der Waals surface area contributed by atoms with Gasteiger partial charge < -0.3 is 10.2 Å². The number of rotatable bonds is 2. The van der Waals surface area contributed by atoms with Crippen LogP contribution in [0.4, 0.5) is 5.69 Å². The second-order valence-corrected chi connectivity index (χ2v) is 6.47. The smallest absolute Gasteiger partial charge is 0.247 e. The first kappa shape index (κ1) is 14.2. The van der Waals surface area contributed by atoms with Crippen LogP contribution in [-0.4, -0.2) is 29.3 Å². The Morgan fingerprint density at radius 2 is 1.91 bits per heavy atom. The van der Waals surface area contributed by atoms with Gasteiger partial charge >= 0.3 is 0 Å². The molecule has 118 valence electrons. The van der Waals surface area contributed by atoms with Crippen molar-refractivity contribution in [2.75, 3.05) is 11.9 Å². The van der Waals surface area contributed by atoms with E-state index >= 15 is 0 Å². The summed E-state index contributed by atoms with van der Waals surface area (Å²) in [5.74, 6) is -0.0977. The lowest BCUT2D eigenvalue weighted by atomic mass is 10.0. The predicted molar refractivity (Wildman–Crippen MR) is 90.4 cm³/mol. The number of hydrogen-bond donors (Lipinski definition) is 1. The SMILES string of the molecule is CC(=O)N1CCCC1C(=O)Nc1ccc2c3c(cccc13)CC2. The van der Waals surface area contributed by atoms with Crippen molar-refractivity contribution in [2.24, 2.45) is 0 Å². The van der Waals surface area contributed by atoms with Crippen LogP contribution in [0.15, 0.2) is 30.3 Å². The van der Waals surface area contributed by atoms with Crippen molar-refractivity contribution in [2.45, 2.75) is 38.6 Å². The third kappa shape index (κ3) is 2.29. The summed E-state index contributed by atoms with van der Waals surface area (Å²) in [5.41, 5.74) is 3.58. The molecule has 0 bridgehead atoms. The van der Waals surface area contributed by atoms with Crippen LogP contribution in [0.5, 0.6) is 0 Å². The van der Waals surface area contributed by atoms with E-state index in [2.05, 4.69) is 29.6 Å². The normalized spacial score (nSPS) is 19.3. The Bertz CT molecular complexity index is 802. The molecule has 0 radical (unpaired) electrons. The quantitative estimate of drug-likeness (QED) is 0.927. The summed E-state index contributed by atoms with van der Waals surface area (Å²) < 4.78 is 0. The highest BCUT2D eigenvalue weighted by Crippen LogP contribution is 2.35. The summed E-state index contributed by atoms with van der Waals surface area (Å²) in [7, 11) is 0. The van der Waals surface area contributed by atoms with E-state index in [0.717, 1.165) is 36.8 Å². The van der Waals surface area contributed by atoms with Gasteiger partial charge in [0.25, 0.3) is 0 Å². The third-order valence-corrected chi connectivity index (χ3v) is 5.09. The summed E-state index contributed by atoms with van der Waals surface area (Å²) in [6, 6.07) is 10.1. The summed E-state index contributed by atoms with van der Waals surface area (Å²) in [6.07, 6.45) is 3.78. The Morgan fingerprint density at radius 3 is 2.70 bits per heavy atom. The van der Waals surface area contributed by atoms with E-state index in [1.54, 1.807) is 4.90 Å². The van der Waals surface area contributed by atoms with Crippen LogP contribution in [-0.2, 0) is 22.4 Å². The van der Waals surface area contributed by atoms with Gasteiger partial charge in [0.15, 0.2) is 0 Å². The van der Waals surface area contributed by atoms with Crippen LogP contribution in [0, 0.1) is 0 Å². The number of likely N-dealkylation sites (tertiary alicyclic amines) is 1. The van der Waals surface area contributed by atoms with E-state index in [0.29, 0.717) is 6.54 Å². The number of benzene rings is 2. The van der Waals surface area contributed by atoms with E-state index in [4.69, 9.17) is 0 Å². The molecule has 2 aromatic rings. The number of nitrogens with zero attached hydrogens (tertiary/aromatic N) is 1.